The largest absolute Gasteiger partial charge is 0.326 e. The lowest BCUT2D eigenvalue weighted by Gasteiger charge is -2.17. The molecule has 0 atom stereocenters. The highest BCUT2D eigenvalue weighted by atomic mass is 16.2. The molecule has 2 rings (SSSR count). The van der Waals surface area contributed by atoms with E-state index in [-0.39, 0.29) is 5.91 Å². The zero-order valence-electron chi connectivity index (χ0n) is 11.4. The van der Waals surface area contributed by atoms with E-state index in [1.165, 1.54) is 0 Å². The van der Waals surface area contributed by atoms with Crippen LogP contribution < -0.4 is 5.32 Å². The molecule has 0 unspecified atom stereocenters. The molecule has 0 aliphatic carbocycles. The van der Waals surface area contributed by atoms with Gasteiger partial charge in [-0.2, -0.15) is 0 Å². The third-order valence-electron chi connectivity index (χ3n) is 2.94. The van der Waals surface area contributed by atoms with Crippen molar-refractivity contribution in [2.75, 3.05) is 5.32 Å². The first-order valence-corrected chi connectivity index (χ1v) is 6.20. The monoisotopic (exact) mass is 255 g/mol. The summed E-state index contributed by atoms with van der Waals surface area (Å²) in [4.78, 5) is 22.6. The Labute approximate surface area is 112 Å². The molecule has 0 spiro atoms. The molecule has 3 heteroatoms. The minimum atomic E-state index is -0.420. The van der Waals surface area contributed by atoms with E-state index >= 15 is 0 Å². The highest BCUT2D eigenvalue weighted by molar-refractivity contribution is 5.97. The number of carbonyl (C=O) groups excluding carboxylic acids is 2. The van der Waals surface area contributed by atoms with E-state index in [0.29, 0.717) is 5.56 Å². The molecule has 0 aliphatic rings. The van der Waals surface area contributed by atoms with Gasteiger partial charge in [0.25, 0.3) is 0 Å². The van der Waals surface area contributed by atoms with E-state index in [0.717, 1.165) is 22.7 Å². The zero-order chi connectivity index (χ0) is 14.0. The molecule has 3 nitrogen and oxygen atoms in total. The van der Waals surface area contributed by atoms with Crippen LogP contribution >= 0.6 is 0 Å². The van der Waals surface area contributed by atoms with Crippen LogP contribution in [0.15, 0.2) is 36.4 Å². The molecule has 0 aliphatic heterocycles. The fraction of sp³-hybridized carbons (Fsp3) is 0.250. The minimum Gasteiger partial charge on any atom is -0.326 e. The summed E-state index contributed by atoms with van der Waals surface area (Å²) in [5.41, 5.74) is 1.00. The Bertz CT molecular complexity index is 639. The van der Waals surface area contributed by atoms with Gasteiger partial charge in [0.2, 0.25) is 5.91 Å². The first-order chi connectivity index (χ1) is 8.90. The lowest BCUT2D eigenvalue weighted by atomic mass is 9.95. The Morgan fingerprint density at radius 3 is 2.32 bits per heavy atom. The number of fused-ring (bicyclic) bond motifs is 1. The van der Waals surface area contributed by atoms with Gasteiger partial charge in [-0.25, -0.2) is 0 Å². The molecule has 0 radical (unpaired) electrons. The van der Waals surface area contributed by atoms with Crippen molar-refractivity contribution >= 4 is 28.7 Å². The highest BCUT2D eigenvalue weighted by Crippen LogP contribution is 2.22. The Balaban J connectivity index is 2.32. The quantitative estimate of drug-likeness (QED) is 0.833. The second-order valence-corrected chi connectivity index (χ2v) is 5.64. The van der Waals surface area contributed by atoms with Crippen molar-refractivity contribution in [2.24, 2.45) is 5.41 Å². The first kappa shape index (κ1) is 13.3. The summed E-state index contributed by atoms with van der Waals surface area (Å²) >= 11 is 0. The van der Waals surface area contributed by atoms with Gasteiger partial charge >= 0.3 is 0 Å². The molecule has 1 N–H and O–H groups in total. The molecule has 0 heterocycles. The average Bonchev–Trinajstić information content (AvgIpc) is 2.37. The van der Waals surface area contributed by atoms with Crippen LogP contribution in [0.4, 0.5) is 5.69 Å². The smallest absolute Gasteiger partial charge is 0.229 e. The van der Waals surface area contributed by atoms with E-state index in [9.17, 15) is 9.59 Å². The maximum absolute atomic E-state index is 11.9. The number of aldehydes is 1. The molecular weight excluding hydrogens is 238 g/mol. The first-order valence-electron chi connectivity index (χ1n) is 6.20. The van der Waals surface area contributed by atoms with Crippen molar-refractivity contribution in [3.05, 3.63) is 42.0 Å². The van der Waals surface area contributed by atoms with Gasteiger partial charge in [-0.1, -0.05) is 39.0 Å². The molecule has 0 fully saturated rings. The third-order valence-corrected chi connectivity index (χ3v) is 2.94. The lowest BCUT2D eigenvalue weighted by molar-refractivity contribution is -0.123. The molecule has 2 aromatic rings. The van der Waals surface area contributed by atoms with Crippen molar-refractivity contribution < 1.29 is 9.59 Å². The van der Waals surface area contributed by atoms with Crippen LogP contribution in [0.5, 0.6) is 0 Å². The van der Waals surface area contributed by atoms with E-state index < -0.39 is 5.41 Å². The molecule has 0 saturated heterocycles. The van der Waals surface area contributed by atoms with Crippen LogP contribution in [0, 0.1) is 5.41 Å². The number of anilines is 1. The number of carbonyl (C=O) groups is 2. The number of rotatable bonds is 2. The van der Waals surface area contributed by atoms with Gasteiger partial charge < -0.3 is 5.32 Å². The van der Waals surface area contributed by atoms with Gasteiger partial charge in [-0.3, -0.25) is 9.59 Å². The molecule has 1 amide bonds. The van der Waals surface area contributed by atoms with Gasteiger partial charge in [0, 0.05) is 16.7 Å². The summed E-state index contributed by atoms with van der Waals surface area (Å²) in [5, 5.41) is 4.88. The summed E-state index contributed by atoms with van der Waals surface area (Å²) in [6.07, 6.45) is 0.828. The number of hydrogen-bond acceptors (Lipinski definition) is 2. The molecule has 2 aromatic carbocycles. The van der Waals surface area contributed by atoms with Crippen LogP contribution in [0.2, 0.25) is 0 Å². The topological polar surface area (TPSA) is 46.2 Å². The number of benzene rings is 2. The Kier molecular flexibility index (Phi) is 3.38. The second-order valence-electron chi connectivity index (χ2n) is 5.64. The van der Waals surface area contributed by atoms with Gasteiger partial charge in [-0.05, 0) is 29.0 Å². The van der Waals surface area contributed by atoms with E-state index in [2.05, 4.69) is 5.32 Å². The molecule has 0 saturated carbocycles. The summed E-state index contributed by atoms with van der Waals surface area (Å²) in [5.74, 6) is -0.0173. The molecule has 0 bridgehead atoms. The van der Waals surface area contributed by atoms with Crippen molar-refractivity contribution in [3.63, 3.8) is 0 Å². The van der Waals surface area contributed by atoms with Crippen LogP contribution in [-0.4, -0.2) is 12.2 Å². The van der Waals surface area contributed by atoms with E-state index in [4.69, 9.17) is 0 Å². The zero-order valence-corrected chi connectivity index (χ0v) is 11.4. The summed E-state index contributed by atoms with van der Waals surface area (Å²) in [6, 6.07) is 11.1. The standard InChI is InChI=1S/C16H17NO2/c1-16(2,3)15(19)17-14-7-6-12-8-11(10-18)4-5-13(12)9-14/h4-10H,1-3H3,(H,17,19). The number of nitrogens with one attached hydrogen (secondary N) is 1. The van der Waals surface area contributed by atoms with E-state index in [1.54, 1.807) is 6.07 Å². The maximum Gasteiger partial charge on any atom is 0.229 e. The van der Waals surface area contributed by atoms with Gasteiger partial charge in [0.15, 0.2) is 0 Å². The lowest BCUT2D eigenvalue weighted by Crippen LogP contribution is -2.27. The van der Waals surface area contributed by atoms with Crippen molar-refractivity contribution in [1.29, 1.82) is 0 Å². The van der Waals surface area contributed by atoms with Crippen molar-refractivity contribution in [2.45, 2.75) is 20.8 Å². The highest BCUT2D eigenvalue weighted by Gasteiger charge is 2.21. The van der Waals surface area contributed by atoms with Gasteiger partial charge in [-0.15, -0.1) is 0 Å². The molecular formula is C16H17NO2. The van der Waals surface area contributed by atoms with Gasteiger partial charge in [0.1, 0.15) is 6.29 Å². The predicted octanol–water partition coefficient (Wildman–Crippen LogP) is 3.64. The fourth-order valence-corrected chi connectivity index (χ4v) is 1.73. The minimum absolute atomic E-state index is 0.0173. The third kappa shape index (κ3) is 2.99. The average molecular weight is 255 g/mol. The fourth-order valence-electron chi connectivity index (χ4n) is 1.73. The molecule has 0 aromatic heterocycles. The van der Waals surface area contributed by atoms with Crippen LogP contribution in [0.25, 0.3) is 10.8 Å². The second kappa shape index (κ2) is 4.84. The Hall–Kier alpha value is -2.16. The predicted molar refractivity (Wildman–Crippen MR) is 77.4 cm³/mol. The molecule has 19 heavy (non-hydrogen) atoms. The SMILES string of the molecule is CC(C)(C)C(=O)Nc1ccc2cc(C=O)ccc2c1. The van der Waals surface area contributed by atoms with Gasteiger partial charge in [0.05, 0.1) is 0 Å². The maximum atomic E-state index is 11.9. The number of amides is 1. The van der Waals surface area contributed by atoms with Crippen molar-refractivity contribution in [1.82, 2.24) is 0 Å². The van der Waals surface area contributed by atoms with E-state index in [1.807, 2.05) is 51.1 Å². The summed E-state index contributed by atoms with van der Waals surface area (Å²) < 4.78 is 0. The van der Waals surface area contributed by atoms with Crippen molar-refractivity contribution in [3.8, 4) is 0 Å². The summed E-state index contributed by atoms with van der Waals surface area (Å²) in [7, 11) is 0. The number of hydrogen-bond donors (Lipinski definition) is 1. The normalized spacial score (nSPS) is 11.3. The van der Waals surface area contributed by atoms with Crippen LogP contribution in [0.3, 0.4) is 0 Å². The Morgan fingerprint density at radius 2 is 1.68 bits per heavy atom. The molecule has 98 valence electrons. The van der Waals surface area contributed by atoms with Crippen LogP contribution in [0.1, 0.15) is 31.1 Å². The summed E-state index contributed by atoms with van der Waals surface area (Å²) in [6.45, 7) is 5.62. The van der Waals surface area contributed by atoms with Crippen LogP contribution in [-0.2, 0) is 4.79 Å². The Morgan fingerprint density at radius 1 is 1.05 bits per heavy atom.